The van der Waals surface area contributed by atoms with Crippen molar-refractivity contribution in [2.45, 2.75) is 40.3 Å². The summed E-state index contributed by atoms with van der Waals surface area (Å²) in [6.45, 7) is 10.2. The van der Waals surface area contributed by atoms with E-state index in [-0.39, 0.29) is 18.4 Å². The molecular formula is C23H31N3O2S. The lowest BCUT2D eigenvalue weighted by Gasteiger charge is -2.35. The molecule has 5 nitrogen and oxygen atoms in total. The molecule has 29 heavy (non-hydrogen) atoms. The van der Waals surface area contributed by atoms with E-state index in [1.165, 1.54) is 23.3 Å². The van der Waals surface area contributed by atoms with Crippen LogP contribution in [0.2, 0.25) is 0 Å². The van der Waals surface area contributed by atoms with Crippen LogP contribution in [0.5, 0.6) is 0 Å². The highest BCUT2D eigenvalue weighted by Gasteiger charge is 2.22. The number of likely N-dealkylation sites (tertiary alicyclic amines) is 1. The van der Waals surface area contributed by atoms with Gasteiger partial charge in [0, 0.05) is 31.1 Å². The van der Waals surface area contributed by atoms with Crippen molar-refractivity contribution in [3.8, 4) is 0 Å². The molecule has 0 radical (unpaired) electrons. The molecule has 0 saturated carbocycles. The van der Waals surface area contributed by atoms with Crippen LogP contribution in [-0.4, -0.2) is 36.3 Å². The minimum Gasteiger partial charge on any atom is -0.350 e. The van der Waals surface area contributed by atoms with Crippen LogP contribution in [0.1, 0.15) is 45.9 Å². The highest BCUT2D eigenvalue weighted by molar-refractivity contribution is 7.13. The van der Waals surface area contributed by atoms with E-state index in [0.717, 1.165) is 41.9 Å². The molecule has 2 aromatic rings. The van der Waals surface area contributed by atoms with E-state index >= 15 is 0 Å². The Morgan fingerprint density at radius 1 is 1.03 bits per heavy atom. The number of nitrogens with zero attached hydrogens (tertiary/aromatic N) is 1. The maximum absolute atomic E-state index is 12.2. The van der Waals surface area contributed by atoms with Crippen LogP contribution in [0.25, 0.3) is 0 Å². The summed E-state index contributed by atoms with van der Waals surface area (Å²) in [5.74, 6) is 1.07. The first kappa shape index (κ1) is 21.5. The van der Waals surface area contributed by atoms with E-state index in [1.807, 2.05) is 19.1 Å². The van der Waals surface area contributed by atoms with Gasteiger partial charge in [-0.3, -0.25) is 14.5 Å². The van der Waals surface area contributed by atoms with Crippen LogP contribution in [0.3, 0.4) is 0 Å². The van der Waals surface area contributed by atoms with Crippen molar-refractivity contribution >= 4 is 23.2 Å². The van der Waals surface area contributed by atoms with Crippen LogP contribution in [0, 0.1) is 18.8 Å². The molecule has 1 aliphatic heterocycles. The highest BCUT2D eigenvalue weighted by Crippen LogP contribution is 2.23. The Kier molecular flexibility index (Phi) is 7.45. The molecule has 0 bridgehead atoms. The van der Waals surface area contributed by atoms with E-state index in [9.17, 15) is 9.59 Å². The number of hydrogen-bond acceptors (Lipinski definition) is 4. The van der Waals surface area contributed by atoms with E-state index in [1.54, 1.807) is 6.07 Å². The van der Waals surface area contributed by atoms with Crippen LogP contribution in [-0.2, 0) is 17.9 Å². The zero-order valence-corrected chi connectivity index (χ0v) is 18.3. The number of amides is 2. The minimum absolute atomic E-state index is 0.0148. The normalized spacial score (nSPS) is 19.7. The third-order valence-corrected chi connectivity index (χ3v) is 6.31. The van der Waals surface area contributed by atoms with Crippen molar-refractivity contribution in [2.75, 3.05) is 19.6 Å². The van der Waals surface area contributed by atoms with Gasteiger partial charge in [-0.25, -0.2) is 0 Å². The van der Waals surface area contributed by atoms with Crippen LogP contribution < -0.4 is 10.6 Å². The Morgan fingerprint density at radius 2 is 1.72 bits per heavy atom. The topological polar surface area (TPSA) is 61.4 Å². The standard InChI is InChI=1S/C23H31N3O2S/c1-16-10-17(2)14-26(13-16)15-20-7-5-4-6-19(20)11-24-22(27)12-25-23(28)21-9-8-18(3)29-21/h4-9,16-17H,10-15H2,1-3H3,(H,24,27)(H,25,28). The number of aryl methyl sites for hydroxylation is 1. The van der Waals surface area contributed by atoms with Crippen molar-refractivity contribution in [1.29, 1.82) is 0 Å². The van der Waals surface area contributed by atoms with E-state index < -0.39 is 0 Å². The van der Waals surface area contributed by atoms with Gasteiger partial charge in [-0.1, -0.05) is 38.1 Å². The van der Waals surface area contributed by atoms with Crippen molar-refractivity contribution in [1.82, 2.24) is 15.5 Å². The molecular weight excluding hydrogens is 382 g/mol. The molecule has 0 aliphatic carbocycles. The van der Waals surface area contributed by atoms with Gasteiger partial charge in [-0.2, -0.15) is 0 Å². The fraction of sp³-hybridized carbons (Fsp3) is 0.478. The van der Waals surface area contributed by atoms with Gasteiger partial charge in [0.15, 0.2) is 0 Å². The number of nitrogens with one attached hydrogen (secondary N) is 2. The Labute approximate surface area is 177 Å². The molecule has 1 aliphatic rings. The third-order valence-electron chi connectivity index (χ3n) is 5.31. The summed E-state index contributed by atoms with van der Waals surface area (Å²) in [5, 5.41) is 5.63. The number of hydrogen-bond donors (Lipinski definition) is 2. The van der Waals surface area contributed by atoms with Crippen LogP contribution >= 0.6 is 11.3 Å². The fourth-order valence-corrected chi connectivity index (χ4v) is 4.89. The molecule has 3 rings (SSSR count). The average Bonchev–Trinajstić information content (AvgIpc) is 3.11. The van der Waals surface area contributed by atoms with Gasteiger partial charge in [0.2, 0.25) is 5.91 Å². The van der Waals surface area contributed by atoms with E-state index in [0.29, 0.717) is 11.4 Å². The van der Waals surface area contributed by atoms with Crippen molar-refractivity contribution < 1.29 is 9.59 Å². The maximum atomic E-state index is 12.2. The van der Waals surface area contributed by atoms with Crippen molar-refractivity contribution in [3.05, 3.63) is 57.3 Å². The second kappa shape index (κ2) is 10.0. The van der Waals surface area contributed by atoms with Crippen LogP contribution in [0.4, 0.5) is 0 Å². The monoisotopic (exact) mass is 413 g/mol. The smallest absolute Gasteiger partial charge is 0.261 e. The molecule has 0 spiro atoms. The number of thiophene rings is 1. The summed E-state index contributed by atoms with van der Waals surface area (Å²) in [6, 6.07) is 12.0. The van der Waals surface area contributed by atoms with Gasteiger partial charge in [0.25, 0.3) is 5.91 Å². The lowest BCUT2D eigenvalue weighted by atomic mass is 9.91. The maximum Gasteiger partial charge on any atom is 0.261 e. The predicted octanol–water partition coefficient (Wildman–Crippen LogP) is 3.58. The Bertz CT molecular complexity index is 838. The number of carbonyl (C=O) groups is 2. The van der Waals surface area contributed by atoms with Gasteiger partial charge < -0.3 is 10.6 Å². The Balaban J connectivity index is 1.50. The number of carbonyl (C=O) groups excluding carboxylic acids is 2. The lowest BCUT2D eigenvalue weighted by Crippen LogP contribution is -2.38. The first-order chi connectivity index (χ1) is 13.9. The second-order valence-corrected chi connectivity index (χ2v) is 9.57. The van der Waals surface area contributed by atoms with Gasteiger partial charge in [0.05, 0.1) is 11.4 Å². The summed E-state index contributed by atoms with van der Waals surface area (Å²) in [6.07, 6.45) is 1.30. The number of piperidine rings is 1. The largest absolute Gasteiger partial charge is 0.350 e. The van der Waals surface area contributed by atoms with E-state index in [2.05, 4.69) is 47.6 Å². The molecule has 6 heteroatoms. The molecule has 2 N–H and O–H groups in total. The lowest BCUT2D eigenvalue weighted by molar-refractivity contribution is -0.120. The average molecular weight is 414 g/mol. The molecule has 2 heterocycles. The molecule has 2 amide bonds. The summed E-state index contributed by atoms with van der Waals surface area (Å²) in [7, 11) is 0. The minimum atomic E-state index is -0.202. The zero-order valence-electron chi connectivity index (χ0n) is 17.5. The first-order valence-corrected chi connectivity index (χ1v) is 11.1. The van der Waals surface area contributed by atoms with Gasteiger partial charge in [-0.15, -0.1) is 11.3 Å². The molecule has 1 aromatic carbocycles. The second-order valence-electron chi connectivity index (χ2n) is 8.28. The SMILES string of the molecule is Cc1ccc(C(=O)NCC(=O)NCc2ccccc2CN2CC(C)CC(C)C2)s1. The Morgan fingerprint density at radius 3 is 2.38 bits per heavy atom. The summed E-state index contributed by atoms with van der Waals surface area (Å²) >= 11 is 1.43. The number of rotatable bonds is 7. The quantitative estimate of drug-likeness (QED) is 0.729. The Hall–Kier alpha value is -2.18. The molecule has 1 fully saturated rings. The van der Waals surface area contributed by atoms with Gasteiger partial charge in [0.1, 0.15) is 0 Å². The van der Waals surface area contributed by atoms with Crippen molar-refractivity contribution in [3.63, 3.8) is 0 Å². The number of benzene rings is 1. The first-order valence-electron chi connectivity index (χ1n) is 10.3. The van der Waals surface area contributed by atoms with Crippen molar-refractivity contribution in [2.24, 2.45) is 11.8 Å². The highest BCUT2D eigenvalue weighted by atomic mass is 32.1. The van der Waals surface area contributed by atoms with Gasteiger partial charge >= 0.3 is 0 Å². The third kappa shape index (κ3) is 6.41. The molecule has 1 aromatic heterocycles. The summed E-state index contributed by atoms with van der Waals surface area (Å²) < 4.78 is 0. The summed E-state index contributed by atoms with van der Waals surface area (Å²) in [4.78, 5) is 28.5. The van der Waals surface area contributed by atoms with E-state index in [4.69, 9.17) is 0 Å². The predicted molar refractivity (Wildman–Crippen MR) is 118 cm³/mol. The van der Waals surface area contributed by atoms with Gasteiger partial charge in [-0.05, 0) is 48.4 Å². The molecule has 2 unspecified atom stereocenters. The fourth-order valence-electron chi connectivity index (χ4n) is 4.11. The molecule has 156 valence electrons. The molecule has 2 atom stereocenters. The van der Waals surface area contributed by atoms with Crippen LogP contribution in [0.15, 0.2) is 36.4 Å². The summed E-state index contributed by atoms with van der Waals surface area (Å²) in [5.41, 5.74) is 2.39. The molecule has 1 saturated heterocycles. The zero-order chi connectivity index (χ0) is 20.8.